The lowest BCUT2D eigenvalue weighted by Gasteiger charge is -2.30. The molecular weight excluding hydrogens is 372 g/mol. The average molecular weight is 392 g/mol. The van der Waals surface area contributed by atoms with Crippen LogP contribution in [0.15, 0.2) is 83.5 Å². The molecule has 3 aromatic heterocycles. The minimum atomic E-state index is 0.0303. The largest absolute Gasteiger partial charge is 0.435 e. The highest BCUT2D eigenvalue weighted by molar-refractivity contribution is 6.10. The van der Waals surface area contributed by atoms with Gasteiger partial charge in [0.2, 0.25) is 5.71 Å². The first-order valence-corrected chi connectivity index (χ1v) is 10.1. The van der Waals surface area contributed by atoms with Crippen molar-refractivity contribution in [2.45, 2.75) is 20.0 Å². The second-order valence-electron chi connectivity index (χ2n) is 7.62. The smallest absolute Gasteiger partial charge is 0.227 e. The van der Waals surface area contributed by atoms with E-state index < -0.39 is 0 Å². The zero-order valence-corrected chi connectivity index (χ0v) is 16.8. The number of aryl methyl sites for hydroxylation is 1. The molecule has 0 unspecified atom stereocenters. The highest BCUT2D eigenvalue weighted by atomic mass is 16.3. The number of aromatic nitrogens is 2. The fraction of sp³-hybridized carbons (Fsp3) is 0.120. The normalized spacial score (nSPS) is 15.9. The van der Waals surface area contributed by atoms with Gasteiger partial charge in [0.15, 0.2) is 11.4 Å². The molecule has 1 aliphatic heterocycles. The van der Waals surface area contributed by atoms with Crippen molar-refractivity contribution in [1.29, 1.82) is 0 Å². The number of anilines is 4. The van der Waals surface area contributed by atoms with Crippen molar-refractivity contribution in [2.75, 3.05) is 9.80 Å². The third-order valence-corrected chi connectivity index (χ3v) is 5.87. The molecule has 5 nitrogen and oxygen atoms in total. The summed E-state index contributed by atoms with van der Waals surface area (Å²) in [7, 11) is 0. The monoisotopic (exact) mass is 392 g/mol. The van der Waals surface area contributed by atoms with Crippen molar-refractivity contribution in [2.24, 2.45) is 0 Å². The highest BCUT2D eigenvalue weighted by Gasteiger charge is 2.37. The van der Waals surface area contributed by atoms with Crippen LogP contribution in [0.4, 0.5) is 22.9 Å². The number of benzene rings is 2. The summed E-state index contributed by atoms with van der Waals surface area (Å²) in [5.41, 5.74) is 5.92. The van der Waals surface area contributed by atoms with Crippen LogP contribution < -0.4 is 9.80 Å². The first-order valence-electron chi connectivity index (χ1n) is 10.1. The van der Waals surface area contributed by atoms with Gasteiger partial charge in [-0.05, 0) is 55.8 Å². The average Bonchev–Trinajstić information content (AvgIpc) is 3.29. The summed E-state index contributed by atoms with van der Waals surface area (Å²) in [6.45, 7) is 4.33. The van der Waals surface area contributed by atoms with Gasteiger partial charge in [-0.15, -0.1) is 0 Å². The van der Waals surface area contributed by atoms with Gasteiger partial charge in [-0.1, -0.05) is 30.3 Å². The molecule has 0 bridgehead atoms. The summed E-state index contributed by atoms with van der Waals surface area (Å²) in [6.07, 6.45) is 3.65. The topological polar surface area (TPSA) is 45.4 Å². The molecule has 0 fully saturated rings. The van der Waals surface area contributed by atoms with E-state index in [1.165, 1.54) is 0 Å². The number of pyridine rings is 2. The Hall–Kier alpha value is -3.86. The van der Waals surface area contributed by atoms with Crippen LogP contribution in [0.3, 0.4) is 0 Å². The molecule has 146 valence electrons. The molecule has 0 N–H and O–H groups in total. The van der Waals surface area contributed by atoms with Crippen LogP contribution >= 0.6 is 0 Å². The van der Waals surface area contributed by atoms with Crippen molar-refractivity contribution in [1.82, 2.24) is 9.97 Å². The van der Waals surface area contributed by atoms with E-state index in [1.54, 1.807) is 6.20 Å². The Morgan fingerprint density at radius 2 is 1.60 bits per heavy atom. The number of hydrogen-bond acceptors (Lipinski definition) is 5. The van der Waals surface area contributed by atoms with E-state index in [0.29, 0.717) is 5.71 Å². The van der Waals surface area contributed by atoms with Gasteiger partial charge >= 0.3 is 0 Å². The summed E-state index contributed by atoms with van der Waals surface area (Å²) in [5, 5.41) is 2.11. The zero-order valence-electron chi connectivity index (χ0n) is 16.8. The van der Waals surface area contributed by atoms with Gasteiger partial charge < -0.3 is 14.2 Å². The fourth-order valence-corrected chi connectivity index (χ4v) is 4.55. The fourth-order valence-electron chi connectivity index (χ4n) is 4.55. The predicted octanol–water partition coefficient (Wildman–Crippen LogP) is 6.32. The maximum absolute atomic E-state index is 6.29. The molecule has 0 saturated carbocycles. The number of para-hydroxylation sites is 1. The SMILES string of the molecule is Cc1ccc2c(oc3ncccc32)c1N1c2cccnc2N(c2ccccc2)[C@@H]1C. The molecule has 0 radical (unpaired) electrons. The van der Waals surface area contributed by atoms with Crippen molar-refractivity contribution in [3.05, 3.63) is 84.7 Å². The summed E-state index contributed by atoms with van der Waals surface area (Å²) in [4.78, 5) is 13.8. The Labute approximate surface area is 174 Å². The Bertz CT molecular complexity index is 1390. The summed E-state index contributed by atoms with van der Waals surface area (Å²) >= 11 is 0. The number of rotatable bonds is 2. The Morgan fingerprint density at radius 1 is 0.800 bits per heavy atom. The summed E-state index contributed by atoms with van der Waals surface area (Å²) < 4.78 is 6.29. The third kappa shape index (κ3) is 2.29. The Morgan fingerprint density at radius 3 is 2.47 bits per heavy atom. The molecule has 0 amide bonds. The van der Waals surface area contributed by atoms with Crippen molar-refractivity contribution in [3.63, 3.8) is 0 Å². The predicted molar refractivity (Wildman–Crippen MR) is 121 cm³/mol. The molecule has 30 heavy (non-hydrogen) atoms. The lowest BCUT2D eigenvalue weighted by molar-refractivity contribution is 0.649. The van der Waals surface area contributed by atoms with Crippen molar-refractivity contribution < 1.29 is 4.42 Å². The van der Waals surface area contributed by atoms with Crippen LogP contribution in [-0.4, -0.2) is 16.1 Å². The van der Waals surface area contributed by atoms with Crippen molar-refractivity contribution in [3.8, 4) is 0 Å². The molecule has 2 aromatic carbocycles. The second kappa shape index (κ2) is 6.32. The van der Waals surface area contributed by atoms with E-state index in [1.807, 2.05) is 24.4 Å². The van der Waals surface area contributed by atoms with E-state index in [0.717, 1.165) is 44.8 Å². The maximum Gasteiger partial charge on any atom is 0.227 e. The van der Waals surface area contributed by atoms with E-state index in [-0.39, 0.29) is 6.17 Å². The van der Waals surface area contributed by atoms with Crippen LogP contribution in [0, 0.1) is 6.92 Å². The maximum atomic E-state index is 6.29. The molecule has 0 spiro atoms. The Kier molecular flexibility index (Phi) is 3.59. The van der Waals surface area contributed by atoms with E-state index in [9.17, 15) is 0 Å². The number of fused-ring (bicyclic) bond motifs is 4. The lowest BCUT2D eigenvalue weighted by Crippen LogP contribution is -2.35. The second-order valence-corrected chi connectivity index (χ2v) is 7.62. The van der Waals surface area contributed by atoms with Gasteiger partial charge in [0, 0.05) is 28.9 Å². The quantitative estimate of drug-likeness (QED) is 0.352. The number of hydrogen-bond donors (Lipinski definition) is 0. The molecule has 6 rings (SSSR count). The van der Waals surface area contributed by atoms with Gasteiger partial charge in [0.1, 0.15) is 6.17 Å². The summed E-state index contributed by atoms with van der Waals surface area (Å²) in [6, 6.07) is 22.8. The molecule has 0 aliphatic carbocycles. The molecular formula is C25H20N4O. The third-order valence-electron chi connectivity index (χ3n) is 5.87. The summed E-state index contributed by atoms with van der Waals surface area (Å²) in [5.74, 6) is 0.946. The van der Waals surface area contributed by atoms with Gasteiger partial charge in [0.25, 0.3) is 0 Å². The van der Waals surface area contributed by atoms with Gasteiger partial charge in [-0.3, -0.25) is 0 Å². The van der Waals surface area contributed by atoms with Crippen LogP contribution in [0.5, 0.6) is 0 Å². The van der Waals surface area contributed by atoms with Crippen LogP contribution in [0.25, 0.3) is 22.1 Å². The van der Waals surface area contributed by atoms with Crippen LogP contribution in [0.2, 0.25) is 0 Å². The molecule has 1 aliphatic rings. The van der Waals surface area contributed by atoms with E-state index in [4.69, 9.17) is 9.40 Å². The van der Waals surface area contributed by atoms with Crippen LogP contribution in [-0.2, 0) is 0 Å². The lowest BCUT2D eigenvalue weighted by atomic mass is 10.1. The van der Waals surface area contributed by atoms with E-state index in [2.05, 4.69) is 77.2 Å². The van der Waals surface area contributed by atoms with E-state index >= 15 is 0 Å². The molecule has 1 atom stereocenters. The zero-order chi connectivity index (χ0) is 20.2. The molecule has 5 heteroatoms. The standard InChI is InChI=1S/C25H20N4O/c1-16-12-13-19-20-10-6-15-27-25(20)30-23(19)22(16)29-17(2)28(18-8-4-3-5-9-18)24-21(29)11-7-14-26-24/h3-15,17H,1-2H3/t17-/m0/s1. The van der Waals surface area contributed by atoms with Crippen LogP contribution in [0.1, 0.15) is 12.5 Å². The van der Waals surface area contributed by atoms with Crippen molar-refractivity contribution >= 4 is 44.9 Å². The molecule has 4 heterocycles. The number of nitrogens with zero attached hydrogens (tertiary/aromatic N) is 4. The first-order chi connectivity index (χ1) is 14.7. The minimum absolute atomic E-state index is 0.0303. The first kappa shape index (κ1) is 17.0. The molecule has 0 saturated heterocycles. The molecule has 5 aromatic rings. The minimum Gasteiger partial charge on any atom is -0.435 e. The Balaban J connectivity index is 1.63. The van der Waals surface area contributed by atoms with Gasteiger partial charge in [0.05, 0.1) is 11.4 Å². The number of furan rings is 1. The highest BCUT2D eigenvalue weighted by Crippen LogP contribution is 2.49. The van der Waals surface area contributed by atoms with Gasteiger partial charge in [-0.25, -0.2) is 9.97 Å². The van der Waals surface area contributed by atoms with Gasteiger partial charge in [-0.2, -0.15) is 0 Å².